The SMILES string of the molecule is C[C@H](Cn1cncn1)NC(=O)N[C@H]1CCCN(c2ccccc2F)C1. The molecule has 2 atom stereocenters. The van der Waals surface area contributed by atoms with E-state index in [1.54, 1.807) is 23.1 Å². The van der Waals surface area contributed by atoms with E-state index in [0.29, 0.717) is 18.8 Å². The minimum atomic E-state index is -0.228. The lowest BCUT2D eigenvalue weighted by molar-refractivity contribution is 0.230. The van der Waals surface area contributed by atoms with E-state index in [9.17, 15) is 9.18 Å². The maximum atomic E-state index is 14.0. The Morgan fingerprint density at radius 1 is 1.44 bits per heavy atom. The van der Waals surface area contributed by atoms with Gasteiger partial charge in [-0.25, -0.2) is 14.2 Å². The van der Waals surface area contributed by atoms with Crippen LogP contribution in [0.5, 0.6) is 0 Å². The van der Waals surface area contributed by atoms with Gasteiger partial charge in [-0.2, -0.15) is 5.10 Å². The molecule has 134 valence electrons. The highest BCUT2D eigenvalue weighted by atomic mass is 19.1. The van der Waals surface area contributed by atoms with Crippen molar-refractivity contribution in [2.75, 3.05) is 18.0 Å². The average Bonchev–Trinajstić information content (AvgIpc) is 3.08. The van der Waals surface area contributed by atoms with Gasteiger partial charge >= 0.3 is 6.03 Å². The van der Waals surface area contributed by atoms with Gasteiger partial charge in [0.15, 0.2) is 0 Å². The van der Waals surface area contributed by atoms with Crippen LogP contribution < -0.4 is 15.5 Å². The third kappa shape index (κ3) is 4.68. The summed E-state index contributed by atoms with van der Waals surface area (Å²) >= 11 is 0. The van der Waals surface area contributed by atoms with Gasteiger partial charge in [0.2, 0.25) is 0 Å². The van der Waals surface area contributed by atoms with E-state index in [4.69, 9.17) is 0 Å². The smallest absolute Gasteiger partial charge is 0.315 e. The average molecular weight is 346 g/mol. The molecule has 7 nitrogen and oxygen atoms in total. The number of carbonyl (C=O) groups excluding carboxylic acids is 1. The van der Waals surface area contributed by atoms with Gasteiger partial charge in [0.05, 0.1) is 12.2 Å². The fraction of sp³-hybridized carbons (Fsp3) is 0.471. The van der Waals surface area contributed by atoms with Crippen molar-refractivity contribution in [3.63, 3.8) is 0 Å². The summed E-state index contributed by atoms with van der Waals surface area (Å²) in [4.78, 5) is 18.1. The minimum absolute atomic E-state index is 0.00748. The molecule has 1 saturated heterocycles. The predicted molar refractivity (Wildman–Crippen MR) is 92.8 cm³/mol. The summed E-state index contributed by atoms with van der Waals surface area (Å²) in [6, 6.07) is 6.45. The molecule has 0 saturated carbocycles. The molecule has 3 rings (SSSR count). The molecule has 0 bridgehead atoms. The molecule has 0 radical (unpaired) electrons. The van der Waals surface area contributed by atoms with Crippen molar-refractivity contribution in [3.8, 4) is 0 Å². The van der Waals surface area contributed by atoms with Crippen LogP contribution in [0, 0.1) is 5.82 Å². The van der Waals surface area contributed by atoms with E-state index >= 15 is 0 Å². The number of aromatic nitrogens is 3. The van der Waals surface area contributed by atoms with Gasteiger partial charge in [-0.05, 0) is 31.9 Å². The lowest BCUT2D eigenvalue weighted by Crippen LogP contribution is -2.52. The second-order valence-electron chi connectivity index (χ2n) is 6.37. The molecule has 0 unspecified atom stereocenters. The van der Waals surface area contributed by atoms with Gasteiger partial charge < -0.3 is 15.5 Å². The zero-order chi connectivity index (χ0) is 17.6. The van der Waals surface area contributed by atoms with E-state index < -0.39 is 0 Å². The second-order valence-corrected chi connectivity index (χ2v) is 6.37. The number of hydrogen-bond donors (Lipinski definition) is 2. The van der Waals surface area contributed by atoms with Crippen molar-refractivity contribution in [2.24, 2.45) is 0 Å². The van der Waals surface area contributed by atoms with Gasteiger partial charge in [0.25, 0.3) is 0 Å². The van der Waals surface area contributed by atoms with Gasteiger partial charge in [-0.1, -0.05) is 12.1 Å². The summed E-state index contributed by atoms with van der Waals surface area (Å²) < 4.78 is 15.6. The number of hydrogen-bond acceptors (Lipinski definition) is 4. The Morgan fingerprint density at radius 3 is 3.04 bits per heavy atom. The van der Waals surface area contributed by atoms with Gasteiger partial charge in [-0.15, -0.1) is 0 Å². The number of amides is 2. The number of halogens is 1. The fourth-order valence-electron chi connectivity index (χ4n) is 3.13. The van der Waals surface area contributed by atoms with Crippen molar-refractivity contribution in [1.82, 2.24) is 25.4 Å². The fourth-order valence-corrected chi connectivity index (χ4v) is 3.13. The first-order valence-corrected chi connectivity index (χ1v) is 8.50. The van der Waals surface area contributed by atoms with E-state index in [1.165, 1.54) is 12.4 Å². The number of benzene rings is 1. The number of nitrogens with zero attached hydrogens (tertiary/aromatic N) is 4. The van der Waals surface area contributed by atoms with Crippen LogP contribution in [0.1, 0.15) is 19.8 Å². The van der Waals surface area contributed by atoms with Gasteiger partial charge in [-0.3, -0.25) is 4.68 Å². The number of carbonyl (C=O) groups is 1. The van der Waals surface area contributed by atoms with Crippen molar-refractivity contribution in [2.45, 2.75) is 38.4 Å². The Hall–Kier alpha value is -2.64. The van der Waals surface area contributed by atoms with E-state index in [0.717, 1.165) is 19.4 Å². The summed E-state index contributed by atoms with van der Waals surface area (Å²) in [5.74, 6) is -0.228. The minimum Gasteiger partial charge on any atom is -0.367 e. The van der Waals surface area contributed by atoms with E-state index in [1.807, 2.05) is 17.9 Å². The third-order valence-electron chi connectivity index (χ3n) is 4.25. The van der Waals surface area contributed by atoms with Crippen LogP contribution in [0.3, 0.4) is 0 Å². The van der Waals surface area contributed by atoms with Crippen LogP contribution in [-0.4, -0.2) is 46.0 Å². The first kappa shape index (κ1) is 17.2. The molecule has 2 amide bonds. The van der Waals surface area contributed by atoms with Crippen molar-refractivity contribution < 1.29 is 9.18 Å². The highest BCUT2D eigenvalue weighted by Gasteiger charge is 2.23. The zero-order valence-electron chi connectivity index (χ0n) is 14.2. The van der Waals surface area contributed by atoms with Crippen molar-refractivity contribution in [1.29, 1.82) is 0 Å². The highest BCUT2D eigenvalue weighted by Crippen LogP contribution is 2.22. The molecule has 2 aromatic rings. The van der Waals surface area contributed by atoms with Crippen LogP contribution in [0.4, 0.5) is 14.9 Å². The molecule has 2 heterocycles. The van der Waals surface area contributed by atoms with Gasteiger partial charge in [0, 0.05) is 25.2 Å². The lowest BCUT2D eigenvalue weighted by atomic mass is 10.0. The maximum Gasteiger partial charge on any atom is 0.315 e. The van der Waals surface area contributed by atoms with Crippen LogP contribution in [0.25, 0.3) is 0 Å². The molecule has 1 aromatic carbocycles. The summed E-state index contributed by atoms with van der Waals surface area (Å²) in [5.41, 5.74) is 0.592. The Kier molecular flexibility index (Phi) is 5.47. The first-order chi connectivity index (χ1) is 12.1. The molecule has 1 aromatic heterocycles. The summed E-state index contributed by atoms with van der Waals surface area (Å²) in [6.45, 7) is 3.86. The molecular weight excluding hydrogens is 323 g/mol. The van der Waals surface area contributed by atoms with Crippen LogP contribution in [0.2, 0.25) is 0 Å². The number of anilines is 1. The molecular formula is C17H23FN6O. The molecule has 1 aliphatic heterocycles. The molecule has 2 N–H and O–H groups in total. The Morgan fingerprint density at radius 2 is 2.28 bits per heavy atom. The van der Waals surface area contributed by atoms with E-state index in [2.05, 4.69) is 20.7 Å². The molecule has 1 fully saturated rings. The third-order valence-corrected chi connectivity index (χ3v) is 4.25. The normalized spacial score (nSPS) is 18.6. The lowest BCUT2D eigenvalue weighted by Gasteiger charge is -2.35. The molecule has 0 aliphatic carbocycles. The number of nitrogens with one attached hydrogen (secondary N) is 2. The number of rotatable bonds is 5. The van der Waals surface area contributed by atoms with Crippen LogP contribution >= 0.6 is 0 Å². The Bertz CT molecular complexity index is 692. The predicted octanol–water partition coefficient (Wildman–Crippen LogP) is 1.77. The van der Waals surface area contributed by atoms with Crippen molar-refractivity contribution >= 4 is 11.7 Å². The topological polar surface area (TPSA) is 75.1 Å². The monoisotopic (exact) mass is 346 g/mol. The largest absolute Gasteiger partial charge is 0.367 e. The molecule has 0 spiro atoms. The number of para-hydroxylation sites is 1. The van der Waals surface area contributed by atoms with Crippen molar-refractivity contribution in [3.05, 3.63) is 42.7 Å². The Balaban J connectivity index is 1.50. The summed E-state index contributed by atoms with van der Waals surface area (Å²) in [5, 5.41) is 9.91. The molecule has 8 heteroatoms. The zero-order valence-corrected chi connectivity index (χ0v) is 14.2. The second kappa shape index (κ2) is 7.96. The van der Waals surface area contributed by atoms with Crippen LogP contribution in [-0.2, 0) is 6.54 Å². The standard InChI is InChI=1S/C17H23FN6O/c1-13(9-24-12-19-11-20-24)21-17(25)22-14-5-4-8-23(10-14)16-7-3-2-6-15(16)18/h2-3,6-7,11-14H,4-5,8-10H2,1H3,(H2,21,22,25)/t13-,14+/m1/s1. The van der Waals surface area contributed by atoms with E-state index in [-0.39, 0.29) is 23.9 Å². The van der Waals surface area contributed by atoms with Crippen LogP contribution in [0.15, 0.2) is 36.9 Å². The number of urea groups is 1. The first-order valence-electron chi connectivity index (χ1n) is 8.50. The molecule has 1 aliphatic rings. The summed E-state index contributed by atoms with van der Waals surface area (Å²) in [6.07, 6.45) is 4.87. The quantitative estimate of drug-likeness (QED) is 0.865. The highest BCUT2D eigenvalue weighted by molar-refractivity contribution is 5.74. The van der Waals surface area contributed by atoms with Gasteiger partial charge in [0.1, 0.15) is 18.5 Å². The molecule has 25 heavy (non-hydrogen) atoms. The summed E-state index contributed by atoms with van der Waals surface area (Å²) in [7, 11) is 0. The maximum absolute atomic E-state index is 14.0. The Labute approximate surface area is 146 Å². The number of piperidine rings is 1.